The van der Waals surface area contributed by atoms with Crippen LogP contribution in [-0.2, 0) is 15.8 Å². The maximum atomic E-state index is 12.8. The van der Waals surface area contributed by atoms with Gasteiger partial charge in [-0.25, -0.2) is 13.2 Å². The number of carbonyl (C=O) groups is 1. The summed E-state index contributed by atoms with van der Waals surface area (Å²) in [6, 6.07) is 12.4. The third-order valence-electron chi connectivity index (χ3n) is 4.32. The molecule has 138 valence electrons. The monoisotopic (exact) mass is 391 g/mol. The molecule has 7 heteroatoms. The molecule has 0 saturated carbocycles. The van der Waals surface area contributed by atoms with Gasteiger partial charge in [-0.3, -0.25) is 0 Å². The summed E-state index contributed by atoms with van der Waals surface area (Å²) in [7, 11) is -3.65. The smallest absolute Gasteiger partial charge is 0.335 e. The number of hydrogen-bond donors (Lipinski definition) is 1. The lowest BCUT2D eigenvalue weighted by Crippen LogP contribution is -2.28. The Bertz CT molecular complexity index is 919. The first-order valence-electron chi connectivity index (χ1n) is 8.43. The molecule has 1 N–H and O–H groups in total. The molecule has 0 bridgehead atoms. The molecule has 0 spiro atoms. The molecule has 0 radical (unpaired) electrons. The normalized spacial score (nSPS) is 15.3. The van der Waals surface area contributed by atoms with Crippen LogP contribution >= 0.6 is 11.8 Å². The minimum atomic E-state index is -3.65. The molecule has 1 aliphatic heterocycles. The van der Waals surface area contributed by atoms with Crippen molar-refractivity contribution in [2.24, 2.45) is 0 Å². The van der Waals surface area contributed by atoms with E-state index in [9.17, 15) is 18.3 Å². The van der Waals surface area contributed by atoms with Gasteiger partial charge < -0.3 is 5.11 Å². The van der Waals surface area contributed by atoms with Gasteiger partial charge in [0.05, 0.1) is 10.5 Å². The van der Waals surface area contributed by atoms with Gasteiger partial charge in [0.2, 0.25) is 10.0 Å². The van der Waals surface area contributed by atoms with Gasteiger partial charge in [0.1, 0.15) is 0 Å². The van der Waals surface area contributed by atoms with Crippen LogP contribution in [0.25, 0.3) is 0 Å². The van der Waals surface area contributed by atoms with Gasteiger partial charge in [-0.15, -0.1) is 11.8 Å². The molecule has 0 atom stereocenters. The van der Waals surface area contributed by atoms with Gasteiger partial charge in [-0.05, 0) is 43.5 Å². The SMILES string of the molecule is Cc1cccc(CSc2cc(C(=O)O)cc(S(=O)(=O)N3CCCC3)c2)c1. The van der Waals surface area contributed by atoms with E-state index in [1.807, 2.05) is 25.1 Å². The summed E-state index contributed by atoms with van der Waals surface area (Å²) in [5.41, 5.74) is 2.26. The van der Waals surface area contributed by atoms with Gasteiger partial charge in [-0.1, -0.05) is 29.8 Å². The van der Waals surface area contributed by atoms with Crippen molar-refractivity contribution in [2.75, 3.05) is 13.1 Å². The molecule has 0 amide bonds. The van der Waals surface area contributed by atoms with Crippen molar-refractivity contribution >= 4 is 27.8 Å². The molecular weight excluding hydrogens is 370 g/mol. The van der Waals surface area contributed by atoms with Crippen LogP contribution in [0.4, 0.5) is 0 Å². The lowest BCUT2D eigenvalue weighted by atomic mass is 10.2. The van der Waals surface area contributed by atoms with Crippen molar-refractivity contribution in [3.05, 3.63) is 59.2 Å². The van der Waals surface area contributed by atoms with Crippen LogP contribution in [0, 0.1) is 6.92 Å². The van der Waals surface area contributed by atoms with E-state index in [0.29, 0.717) is 23.7 Å². The molecule has 2 aromatic carbocycles. The first kappa shape index (κ1) is 18.9. The Kier molecular flexibility index (Phi) is 5.70. The van der Waals surface area contributed by atoms with Gasteiger partial charge in [0.25, 0.3) is 0 Å². The summed E-state index contributed by atoms with van der Waals surface area (Å²) < 4.78 is 27.0. The zero-order valence-corrected chi connectivity index (χ0v) is 16.1. The van der Waals surface area contributed by atoms with Crippen LogP contribution in [0.1, 0.15) is 34.3 Å². The van der Waals surface area contributed by atoms with Gasteiger partial charge in [0, 0.05) is 23.7 Å². The zero-order valence-electron chi connectivity index (χ0n) is 14.5. The lowest BCUT2D eigenvalue weighted by Gasteiger charge is -2.16. The highest BCUT2D eigenvalue weighted by Gasteiger charge is 2.28. The fraction of sp³-hybridized carbons (Fsp3) is 0.316. The molecular formula is C19H21NO4S2. The number of thioether (sulfide) groups is 1. The zero-order chi connectivity index (χ0) is 18.7. The Morgan fingerprint density at radius 3 is 2.54 bits per heavy atom. The summed E-state index contributed by atoms with van der Waals surface area (Å²) in [6.45, 7) is 3.00. The minimum absolute atomic E-state index is 0.00276. The lowest BCUT2D eigenvalue weighted by molar-refractivity contribution is 0.0696. The van der Waals surface area contributed by atoms with E-state index in [2.05, 4.69) is 6.07 Å². The summed E-state index contributed by atoms with van der Waals surface area (Å²) in [5, 5.41) is 9.37. The van der Waals surface area contributed by atoms with Crippen LogP contribution in [0.15, 0.2) is 52.3 Å². The summed E-state index contributed by atoms with van der Waals surface area (Å²) >= 11 is 1.44. The molecule has 3 rings (SSSR count). The standard InChI is InChI=1S/C19H21NO4S2/c1-14-5-4-6-15(9-14)13-25-17-10-16(19(21)22)11-18(12-17)26(23,24)20-7-2-3-8-20/h4-6,9-12H,2-3,7-8,13H2,1H3,(H,21,22). The first-order valence-corrected chi connectivity index (χ1v) is 10.9. The molecule has 1 saturated heterocycles. The molecule has 0 unspecified atom stereocenters. The highest BCUT2D eigenvalue weighted by molar-refractivity contribution is 7.98. The van der Waals surface area contributed by atoms with E-state index < -0.39 is 16.0 Å². The predicted molar refractivity (Wildman–Crippen MR) is 102 cm³/mol. The van der Waals surface area contributed by atoms with Crippen LogP contribution in [0.3, 0.4) is 0 Å². The molecule has 5 nitrogen and oxygen atoms in total. The Morgan fingerprint density at radius 1 is 1.15 bits per heavy atom. The number of nitrogens with zero attached hydrogens (tertiary/aromatic N) is 1. The number of carboxylic acids is 1. The Balaban J connectivity index is 1.90. The predicted octanol–water partition coefficient (Wildman–Crippen LogP) is 3.77. The Labute approximate surface area is 158 Å². The van der Waals surface area contributed by atoms with E-state index in [1.165, 1.54) is 28.2 Å². The second kappa shape index (κ2) is 7.82. The van der Waals surface area contributed by atoms with Gasteiger partial charge in [-0.2, -0.15) is 4.31 Å². The molecule has 0 aliphatic carbocycles. The highest BCUT2D eigenvalue weighted by Crippen LogP contribution is 2.29. The van der Waals surface area contributed by atoms with E-state index >= 15 is 0 Å². The number of aromatic carboxylic acids is 1. The number of carboxylic acid groups (broad SMARTS) is 1. The number of hydrogen-bond acceptors (Lipinski definition) is 4. The fourth-order valence-electron chi connectivity index (χ4n) is 2.97. The second-order valence-electron chi connectivity index (χ2n) is 6.39. The Morgan fingerprint density at radius 2 is 1.88 bits per heavy atom. The number of rotatable bonds is 6. The maximum absolute atomic E-state index is 12.8. The molecule has 2 aromatic rings. The van der Waals surface area contributed by atoms with E-state index in [0.717, 1.165) is 24.0 Å². The fourth-order valence-corrected chi connectivity index (χ4v) is 5.57. The van der Waals surface area contributed by atoms with Crippen LogP contribution in [-0.4, -0.2) is 36.9 Å². The second-order valence-corrected chi connectivity index (χ2v) is 9.37. The average molecular weight is 392 g/mol. The number of sulfonamides is 1. The molecule has 0 aromatic heterocycles. The number of aryl methyl sites for hydroxylation is 1. The van der Waals surface area contributed by atoms with E-state index in [1.54, 1.807) is 6.07 Å². The highest BCUT2D eigenvalue weighted by atomic mass is 32.2. The maximum Gasteiger partial charge on any atom is 0.335 e. The molecule has 1 fully saturated rings. The van der Waals surface area contributed by atoms with Crippen molar-refractivity contribution in [1.82, 2.24) is 4.31 Å². The van der Waals surface area contributed by atoms with Crippen molar-refractivity contribution in [2.45, 2.75) is 35.3 Å². The molecule has 1 aliphatic rings. The third-order valence-corrected chi connectivity index (χ3v) is 7.24. The van der Waals surface area contributed by atoms with E-state index in [-0.39, 0.29) is 10.5 Å². The van der Waals surface area contributed by atoms with Crippen LogP contribution in [0.2, 0.25) is 0 Å². The van der Waals surface area contributed by atoms with Crippen LogP contribution in [0.5, 0.6) is 0 Å². The van der Waals surface area contributed by atoms with Crippen LogP contribution < -0.4 is 0 Å². The summed E-state index contributed by atoms with van der Waals surface area (Å²) in [6.07, 6.45) is 1.68. The van der Waals surface area contributed by atoms with Crippen molar-refractivity contribution in [3.63, 3.8) is 0 Å². The average Bonchev–Trinajstić information content (AvgIpc) is 3.15. The number of benzene rings is 2. The van der Waals surface area contributed by atoms with Gasteiger partial charge >= 0.3 is 5.97 Å². The summed E-state index contributed by atoms with van der Waals surface area (Å²) in [4.78, 5) is 12.2. The van der Waals surface area contributed by atoms with Crippen molar-refractivity contribution < 1.29 is 18.3 Å². The molecule has 26 heavy (non-hydrogen) atoms. The molecule has 1 heterocycles. The minimum Gasteiger partial charge on any atom is -0.478 e. The first-order chi connectivity index (χ1) is 12.4. The quantitative estimate of drug-likeness (QED) is 0.759. The Hall–Kier alpha value is -1.83. The van der Waals surface area contributed by atoms with E-state index in [4.69, 9.17) is 0 Å². The largest absolute Gasteiger partial charge is 0.478 e. The van der Waals surface area contributed by atoms with Gasteiger partial charge in [0.15, 0.2) is 0 Å². The van der Waals surface area contributed by atoms with Crippen molar-refractivity contribution in [1.29, 1.82) is 0 Å². The third kappa shape index (κ3) is 4.28. The van der Waals surface area contributed by atoms with Crippen molar-refractivity contribution in [3.8, 4) is 0 Å². The topological polar surface area (TPSA) is 74.7 Å². The summed E-state index contributed by atoms with van der Waals surface area (Å²) in [5.74, 6) is -0.477.